The molecular formula is C13H15N3OS. The second-order valence-electron chi connectivity index (χ2n) is 3.97. The molecule has 0 aliphatic heterocycles. The maximum atomic E-state index is 12.2. The minimum absolute atomic E-state index is 0.0000926. The molecule has 0 saturated carbocycles. The quantitative estimate of drug-likeness (QED) is 0.919. The van der Waals surface area contributed by atoms with E-state index in [1.54, 1.807) is 48.7 Å². The number of anilines is 1. The van der Waals surface area contributed by atoms with Crippen molar-refractivity contribution in [1.29, 1.82) is 0 Å². The zero-order chi connectivity index (χ0) is 13.0. The van der Waals surface area contributed by atoms with E-state index in [2.05, 4.69) is 15.7 Å². The summed E-state index contributed by atoms with van der Waals surface area (Å²) in [5.74, 6) is 0.699. The van der Waals surface area contributed by atoms with Crippen LogP contribution in [0.25, 0.3) is 0 Å². The first-order valence-corrected chi connectivity index (χ1v) is 6.55. The topological polar surface area (TPSA) is 45.2 Å². The van der Waals surface area contributed by atoms with E-state index in [0.29, 0.717) is 17.9 Å². The van der Waals surface area contributed by atoms with Crippen LogP contribution < -0.4 is 5.32 Å². The number of carbonyl (C=O) groups excluding carboxylic acids is 1. The first-order chi connectivity index (χ1) is 8.70. The molecule has 0 unspecified atom stereocenters. The third-order valence-corrected chi connectivity index (χ3v) is 3.34. The van der Waals surface area contributed by atoms with Crippen molar-refractivity contribution < 1.29 is 4.79 Å². The third kappa shape index (κ3) is 2.87. The predicted octanol–water partition coefficient (Wildman–Crippen LogP) is 2.46. The van der Waals surface area contributed by atoms with E-state index in [4.69, 9.17) is 0 Å². The Hall–Kier alpha value is -1.88. The highest BCUT2D eigenvalue weighted by Gasteiger charge is 2.12. The molecule has 18 heavy (non-hydrogen) atoms. The van der Waals surface area contributed by atoms with Gasteiger partial charge in [0.25, 0.3) is 5.91 Å². The summed E-state index contributed by atoms with van der Waals surface area (Å²) in [4.78, 5) is 18.0. The molecule has 0 spiro atoms. The van der Waals surface area contributed by atoms with Gasteiger partial charge >= 0.3 is 0 Å². The van der Waals surface area contributed by atoms with Crippen molar-refractivity contribution in [3.05, 3.63) is 46.3 Å². The number of rotatable bonds is 4. The van der Waals surface area contributed by atoms with Crippen molar-refractivity contribution in [3.8, 4) is 0 Å². The molecule has 0 aromatic carbocycles. The van der Waals surface area contributed by atoms with Gasteiger partial charge in [0.15, 0.2) is 0 Å². The fraction of sp³-hybridized carbons (Fsp3) is 0.231. The number of pyridine rings is 1. The van der Waals surface area contributed by atoms with Crippen LogP contribution in [0.3, 0.4) is 0 Å². The van der Waals surface area contributed by atoms with Gasteiger partial charge in [0, 0.05) is 32.4 Å². The Morgan fingerprint density at radius 3 is 3.00 bits per heavy atom. The molecule has 0 radical (unpaired) electrons. The lowest BCUT2D eigenvalue weighted by Gasteiger charge is -2.16. The summed E-state index contributed by atoms with van der Waals surface area (Å²) in [6, 6.07) is 5.51. The van der Waals surface area contributed by atoms with Crippen molar-refractivity contribution in [3.63, 3.8) is 0 Å². The Morgan fingerprint density at radius 2 is 2.33 bits per heavy atom. The maximum Gasteiger partial charge on any atom is 0.254 e. The Balaban J connectivity index is 2.10. The Morgan fingerprint density at radius 1 is 1.50 bits per heavy atom. The van der Waals surface area contributed by atoms with E-state index >= 15 is 0 Å². The number of hydrogen-bond acceptors (Lipinski definition) is 4. The van der Waals surface area contributed by atoms with Gasteiger partial charge in [0.05, 0.1) is 0 Å². The van der Waals surface area contributed by atoms with Crippen molar-refractivity contribution in [2.24, 2.45) is 0 Å². The van der Waals surface area contributed by atoms with Gasteiger partial charge < -0.3 is 10.2 Å². The Kier molecular flexibility index (Phi) is 3.94. The molecule has 0 atom stereocenters. The van der Waals surface area contributed by atoms with Crippen LogP contribution in [0.2, 0.25) is 0 Å². The maximum absolute atomic E-state index is 12.2. The van der Waals surface area contributed by atoms with Gasteiger partial charge in [-0.3, -0.25) is 4.79 Å². The molecule has 1 amide bonds. The average Bonchev–Trinajstić information content (AvgIpc) is 2.90. The van der Waals surface area contributed by atoms with Gasteiger partial charge in [-0.1, -0.05) is 0 Å². The molecule has 0 aliphatic rings. The van der Waals surface area contributed by atoms with E-state index in [1.807, 2.05) is 11.4 Å². The molecule has 0 saturated heterocycles. The Labute approximate surface area is 110 Å². The molecule has 94 valence electrons. The molecule has 2 aromatic rings. The standard InChI is InChI=1S/C13H15N3OS/c1-14-12-7-11(3-5-15-12)13(17)16(2)8-10-4-6-18-9-10/h3-7,9H,8H2,1-2H3,(H,14,15). The summed E-state index contributed by atoms with van der Waals surface area (Å²) in [7, 11) is 3.59. The monoisotopic (exact) mass is 261 g/mol. The summed E-state index contributed by atoms with van der Waals surface area (Å²) >= 11 is 1.64. The van der Waals surface area contributed by atoms with Crippen molar-refractivity contribution in [1.82, 2.24) is 9.88 Å². The second kappa shape index (κ2) is 5.64. The summed E-state index contributed by atoms with van der Waals surface area (Å²) in [6.45, 7) is 0.625. The fourth-order valence-corrected chi connectivity index (χ4v) is 2.31. The normalized spacial score (nSPS) is 10.1. The average molecular weight is 261 g/mol. The number of nitrogens with one attached hydrogen (secondary N) is 1. The van der Waals surface area contributed by atoms with Crippen molar-refractivity contribution in [2.75, 3.05) is 19.4 Å². The number of carbonyl (C=O) groups is 1. The van der Waals surface area contributed by atoms with Gasteiger partial charge in [0.1, 0.15) is 5.82 Å². The molecule has 4 nitrogen and oxygen atoms in total. The molecule has 2 heterocycles. The number of amides is 1. The van der Waals surface area contributed by atoms with Crippen LogP contribution in [0.4, 0.5) is 5.82 Å². The lowest BCUT2D eigenvalue weighted by atomic mass is 10.2. The van der Waals surface area contributed by atoms with Gasteiger partial charge in [-0.15, -0.1) is 0 Å². The smallest absolute Gasteiger partial charge is 0.254 e. The largest absolute Gasteiger partial charge is 0.373 e. The molecule has 2 rings (SSSR count). The highest BCUT2D eigenvalue weighted by molar-refractivity contribution is 7.07. The van der Waals surface area contributed by atoms with Crippen LogP contribution in [0, 0.1) is 0 Å². The second-order valence-corrected chi connectivity index (χ2v) is 4.75. The highest BCUT2D eigenvalue weighted by Crippen LogP contribution is 2.12. The number of thiophene rings is 1. The van der Waals surface area contributed by atoms with Crippen LogP contribution in [-0.4, -0.2) is 29.9 Å². The van der Waals surface area contributed by atoms with Gasteiger partial charge in [-0.2, -0.15) is 11.3 Å². The number of nitrogens with zero attached hydrogens (tertiary/aromatic N) is 2. The minimum Gasteiger partial charge on any atom is -0.373 e. The van der Waals surface area contributed by atoms with Crippen molar-refractivity contribution >= 4 is 23.1 Å². The Bertz CT molecular complexity index is 525. The van der Waals surface area contributed by atoms with E-state index < -0.39 is 0 Å². The molecule has 0 fully saturated rings. The van der Waals surface area contributed by atoms with Crippen LogP contribution in [-0.2, 0) is 6.54 Å². The predicted molar refractivity (Wildman–Crippen MR) is 73.9 cm³/mol. The lowest BCUT2D eigenvalue weighted by Crippen LogP contribution is -2.26. The first kappa shape index (κ1) is 12.6. The number of aromatic nitrogens is 1. The summed E-state index contributed by atoms with van der Waals surface area (Å²) in [5, 5.41) is 6.99. The van der Waals surface area contributed by atoms with E-state index in [-0.39, 0.29) is 5.91 Å². The fourth-order valence-electron chi connectivity index (χ4n) is 1.65. The molecule has 0 bridgehead atoms. The van der Waals surface area contributed by atoms with Crippen LogP contribution in [0.5, 0.6) is 0 Å². The van der Waals surface area contributed by atoms with E-state index in [1.165, 1.54) is 0 Å². The van der Waals surface area contributed by atoms with E-state index in [9.17, 15) is 4.79 Å². The molecular weight excluding hydrogens is 246 g/mol. The van der Waals surface area contributed by atoms with E-state index in [0.717, 1.165) is 5.56 Å². The first-order valence-electron chi connectivity index (χ1n) is 5.61. The number of hydrogen-bond donors (Lipinski definition) is 1. The molecule has 0 aliphatic carbocycles. The third-order valence-electron chi connectivity index (χ3n) is 2.61. The summed E-state index contributed by atoms with van der Waals surface area (Å²) in [5.41, 5.74) is 1.80. The van der Waals surface area contributed by atoms with Crippen LogP contribution in [0.1, 0.15) is 15.9 Å². The molecule has 2 aromatic heterocycles. The highest BCUT2D eigenvalue weighted by atomic mass is 32.1. The SMILES string of the molecule is CNc1cc(C(=O)N(C)Cc2ccsc2)ccn1. The van der Waals surface area contributed by atoms with Crippen molar-refractivity contribution in [2.45, 2.75) is 6.54 Å². The summed E-state index contributed by atoms with van der Waals surface area (Å²) in [6.07, 6.45) is 1.64. The van der Waals surface area contributed by atoms with Crippen LogP contribution >= 0.6 is 11.3 Å². The minimum atomic E-state index is 0.0000926. The van der Waals surface area contributed by atoms with Gasteiger partial charge in [-0.05, 0) is 34.5 Å². The zero-order valence-electron chi connectivity index (χ0n) is 10.4. The molecule has 1 N–H and O–H groups in total. The molecule has 5 heteroatoms. The van der Waals surface area contributed by atoms with Gasteiger partial charge in [-0.25, -0.2) is 4.98 Å². The zero-order valence-corrected chi connectivity index (χ0v) is 11.2. The lowest BCUT2D eigenvalue weighted by molar-refractivity contribution is 0.0785. The van der Waals surface area contributed by atoms with Crippen LogP contribution in [0.15, 0.2) is 35.2 Å². The van der Waals surface area contributed by atoms with Gasteiger partial charge in [0.2, 0.25) is 0 Å². The summed E-state index contributed by atoms with van der Waals surface area (Å²) < 4.78 is 0.